The Kier molecular flexibility index (Phi) is 4.40. The quantitative estimate of drug-likeness (QED) is 0.793. The van der Waals surface area contributed by atoms with Crippen molar-refractivity contribution in [2.24, 2.45) is 5.73 Å². The summed E-state index contributed by atoms with van der Waals surface area (Å²) in [7, 11) is 0. The van der Waals surface area contributed by atoms with Crippen molar-refractivity contribution in [1.29, 1.82) is 0 Å². The highest BCUT2D eigenvalue weighted by atomic mass is 79.9. The molecular formula is C15H14BrFN2S. The minimum Gasteiger partial charge on any atom is -0.389 e. The van der Waals surface area contributed by atoms with Gasteiger partial charge in [-0.3, -0.25) is 0 Å². The molecule has 5 heteroatoms. The number of aryl methyl sites for hydroxylation is 2. The fourth-order valence-corrected chi connectivity index (χ4v) is 3.02. The maximum absolute atomic E-state index is 13.9. The molecule has 0 unspecified atom stereocenters. The van der Waals surface area contributed by atoms with Gasteiger partial charge in [-0.05, 0) is 49.2 Å². The van der Waals surface area contributed by atoms with Crippen LogP contribution in [0.2, 0.25) is 0 Å². The summed E-state index contributed by atoms with van der Waals surface area (Å²) < 4.78 is 14.9. The lowest BCUT2D eigenvalue weighted by atomic mass is 10.1. The molecule has 0 spiro atoms. The van der Waals surface area contributed by atoms with Crippen LogP contribution in [-0.4, -0.2) is 4.99 Å². The van der Waals surface area contributed by atoms with E-state index in [0.29, 0.717) is 5.69 Å². The molecule has 0 aromatic heterocycles. The highest BCUT2D eigenvalue weighted by Gasteiger charge is 2.13. The van der Waals surface area contributed by atoms with Crippen LogP contribution in [0.25, 0.3) is 0 Å². The van der Waals surface area contributed by atoms with E-state index in [1.165, 1.54) is 6.07 Å². The monoisotopic (exact) mass is 352 g/mol. The Bertz CT molecular complexity index is 663. The van der Waals surface area contributed by atoms with Crippen LogP contribution < -0.4 is 11.1 Å². The molecule has 0 aliphatic heterocycles. The van der Waals surface area contributed by atoms with Crippen molar-refractivity contribution in [3.63, 3.8) is 0 Å². The lowest BCUT2D eigenvalue weighted by Gasteiger charge is -2.16. The van der Waals surface area contributed by atoms with Crippen LogP contribution in [-0.2, 0) is 0 Å². The van der Waals surface area contributed by atoms with Crippen LogP contribution in [0, 0.1) is 19.7 Å². The first kappa shape index (κ1) is 14.9. The van der Waals surface area contributed by atoms with Gasteiger partial charge in [0.25, 0.3) is 0 Å². The predicted octanol–water partition coefficient (Wildman–Crippen LogP) is 4.58. The summed E-state index contributed by atoms with van der Waals surface area (Å²) in [5, 5.41) is 3.23. The second-order valence-corrected chi connectivity index (χ2v) is 5.92. The molecular weight excluding hydrogens is 339 g/mol. The molecule has 0 aliphatic rings. The Labute approximate surface area is 131 Å². The third-order valence-corrected chi connectivity index (χ3v) is 3.68. The number of hydrogen-bond acceptors (Lipinski definition) is 2. The van der Waals surface area contributed by atoms with E-state index in [4.69, 9.17) is 18.0 Å². The average molecular weight is 353 g/mol. The second kappa shape index (κ2) is 5.89. The third-order valence-electron chi connectivity index (χ3n) is 3.02. The molecule has 0 atom stereocenters. The van der Waals surface area contributed by atoms with Crippen LogP contribution >= 0.6 is 28.1 Å². The normalized spacial score (nSPS) is 10.4. The Morgan fingerprint density at radius 1 is 1.25 bits per heavy atom. The van der Waals surface area contributed by atoms with Gasteiger partial charge in [-0.15, -0.1) is 0 Å². The van der Waals surface area contributed by atoms with E-state index in [-0.39, 0.29) is 10.6 Å². The van der Waals surface area contributed by atoms with Crippen LogP contribution in [0.15, 0.2) is 34.8 Å². The summed E-state index contributed by atoms with van der Waals surface area (Å²) in [5.41, 5.74) is 9.46. The van der Waals surface area contributed by atoms with Gasteiger partial charge in [-0.25, -0.2) is 4.39 Å². The topological polar surface area (TPSA) is 38.0 Å². The van der Waals surface area contributed by atoms with E-state index >= 15 is 0 Å². The van der Waals surface area contributed by atoms with Gasteiger partial charge >= 0.3 is 0 Å². The highest BCUT2D eigenvalue weighted by molar-refractivity contribution is 9.10. The van der Waals surface area contributed by atoms with Crippen LogP contribution in [0.1, 0.15) is 16.7 Å². The molecule has 0 saturated heterocycles. The van der Waals surface area contributed by atoms with Gasteiger partial charge in [-0.2, -0.15) is 0 Å². The number of halogens is 2. The summed E-state index contributed by atoms with van der Waals surface area (Å²) >= 11 is 8.38. The SMILES string of the molecule is Cc1cc(Br)cc(C)c1Nc1cccc(F)c1C(N)=S. The molecule has 2 nitrogen and oxygen atoms in total. The molecule has 0 fully saturated rings. The van der Waals surface area contributed by atoms with Crippen LogP contribution in [0.5, 0.6) is 0 Å². The van der Waals surface area contributed by atoms with Crippen LogP contribution in [0.3, 0.4) is 0 Å². The minimum absolute atomic E-state index is 0.0398. The number of hydrogen-bond donors (Lipinski definition) is 2. The molecule has 0 bridgehead atoms. The molecule has 0 saturated carbocycles. The maximum atomic E-state index is 13.9. The molecule has 20 heavy (non-hydrogen) atoms. The summed E-state index contributed by atoms with van der Waals surface area (Å²) in [6, 6.07) is 8.73. The van der Waals surface area contributed by atoms with Crippen molar-refractivity contribution >= 4 is 44.5 Å². The first-order valence-corrected chi connectivity index (χ1v) is 7.22. The fraction of sp³-hybridized carbons (Fsp3) is 0.133. The lowest BCUT2D eigenvalue weighted by Crippen LogP contribution is -2.14. The number of thiocarbonyl (C=S) groups is 1. The van der Waals surface area contributed by atoms with Gasteiger partial charge in [0, 0.05) is 10.2 Å². The maximum Gasteiger partial charge on any atom is 0.135 e. The zero-order valence-corrected chi connectivity index (χ0v) is 13.5. The van der Waals surface area contributed by atoms with Crippen molar-refractivity contribution in [3.05, 3.63) is 57.3 Å². The fourth-order valence-electron chi connectivity index (χ4n) is 2.12. The first-order valence-electron chi connectivity index (χ1n) is 6.02. The Morgan fingerprint density at radius 2 is 1.85 bits per heavy atom. The Hall–Kier alpha value is -1.46. The molecule has 0 heterocycles. The zero-order chi connectivity index (χ0) is 14.9. The molecule has 2 aromatic rings. The second-order valence-electron chi connectivity index (χ2n) is 4.57. The standard InChI is InChI=1S/C15H14BrFN2S/c1-8-6-10(16)7-9(2)14(8)19-12-5-3-4-11(17)13(12)15(18)20/h3-7,19H,1-2H3,(H2,18,20). The largest absolute Gasteiger partial charge is 0.389 e. The van der Waals surface area contributed by atoms with Crippen LogP contribution in [0.4, 0.5) is 15.8 Å². The van der Waals surface area contributed by atoms with Crippen molar-refractivity contribution in [2.45, 2.75) is 13.8 Å². The summed E-state index contributed by atoms with van der Waals surface area (Å²) in [4.78, 5) is 0.0398. The van der Waals surface area contributed by atoms with Crippen molar-refractivity contribution in [2.75, 3.05) is 5.32 Å². The highest BCUT2D eigenvalue weighted by Crippen LogP contribution is 2.30. The van der Waals surface area contributed by atoms with E-state index < -0.39 is 5.82 Å². The van der Waals surface area contributed by atoms with Crippen molar-refractivity contribution in [1.82, 2.24) is 0 Å². The van der Waals surface area contributed by atoms with E-state index in [1.54, 1.807) is 12.1 Å². The number of nitrogens with two attached hydrogens (primary N) is 1. The first-order chi connectivity index (χ1) is 9.40. The zero-order valence-electron chi connectivity index (χ0n) is 11.1. The van der Waals surface area contributed by atoms with E-state index in [2.05, 4.69) is 21.2 Å². The Morgan fingerprint density at radius 3 is 2.40 bits per heavy atom. The molecule has 0 aliphatic carbocycles. The molecule has 2 rings (SSSR count). The predicted molar refractivity (Wildman–Crippen MR) is 89.2 cm³/mol. The lowest BCUT2D eigenvalue weighted by molar-refractivity contribution is 0.626. The molecule has 3 N–H and O–H groups in total. The van der Waals surface area contributed by atoms with Gasteiger partial charge in [0.05, 0.1) is 11.3 Å². The smallest absolute Gasteiger partial charge is 0.135 e. The number of benzene rings is 2. The van der Waals surface area contributed by atoms with Gasteiger partial charge in [0.15, 0.2) is 0 Å². The van der Waals surface area contributed by atoms with Crippen molar-refractivity contribution < 1.29 is 4.39 Å². The van der Waals surface area contributed by atoms with E-state index in [1.807, 2.05) is 26.0 Å². The molecule has 104 valence electrons. The number of nitrogens with one attached hydrogen (secondary N) is 1. The summed E-state index contributed by atoms with van der Waals surface area (Å²) in [6.07, 6.45) is 0. The van der Waals surface area contributed by atoms with E-state index in [9.17, 15) is 4.39 Å². The summed E-state index contributed by atoms with van der Waals surface area (Å²) in [5.74, 6) is -0.421. The minimum atomic E-state index is -0.421. The third kappa shape index (κ3) is 2.99. The molecule has 0 radical (unpaired) electrons. The molecule has 2 aromatic carbocycles. The van der Waals surface area contributed by atoms with Gasteiger partial charge < -0.3 is 11.1 Å². The average Bonchev–Trinajstić information content (AvgIpc) is 2.33. The summed E-state index contributed by atoms with van der Waals surface area (Å²) in [6.45, 7) is 3.97. The van der Waals surface area contributed by atoms with E-state index in [0.717, 1.165) is 21.3 Å². The molecule has 0 amide bonds. The number of rotatable bonds is 3. The Balaban J connectivity index is 2.51. The van der Waals surface area contributed by atoms with Gasteiger partial charge in [0.1, 0.15) is 10.8 Å². The number of anilines is 2. The van der Waals surface area contributed by atoms with Gasteiger partial charge in [-0.1, -0.05) is 34.2 Å². The van der Waals surface area contributed by atoms with Crippen molar-refractivity contribution in [3.8, 4) is 0 Å². The van der Waals surface area contributed by atoms with Gasteiger partial charge in [0.2, 0.25) is 0 Å².